The molecular weight excluding hydrogens is 431 g/mol. The molecule has 1 fully saturated rings. The van der Waals surface area contributed by atoms with E-state index >= 15 is 0 Å². The van der Waals surface area contributed by atoms with Crippen LogP contribution in [-0.4, -0.2) is 31.2 Å². The number of aliphatic imine (C=N–C) groups is 2. The second kappa shape index (κ2) is 14.3. The third kappa shape index (κ3) is 9.02. The summed E-state index contributed by atoms with van der Waals surface area (Å²) in [5, 5.41) is 9.14. The fourth-order valence-electron chi connectivity index (χ4n) is 1.91. The molecule has 1 aliphatic carbocycles. The summed E-state index contributed by atoms with van der Waals surface area (Å²) in [5.41, 5.74) is 4.00. The summed E-state index contributed by atoms with van der Waals surface area (Å²) in [6.45, 7) is 8.03. The first-order chi connectivity index (χ1) is 10.1. The Bertz CT molecular complexity index is 478. The molecule has 0 aromatic heterocycles. The predicted molar refractivity (Wildman–Crippen MR) is 96.0 cm³/mol. The third-order valence-corrected chi connectivity index (χ3v) is 3.34. The molecule has 1 aliphatic rings. The average molecular weight is 459 g/mol. The van der Waals surface area contributed by atoms with Crippen molar-refractivity contribution in [1.29, 1.82) is 0 Å². The van der Waals surface area contributed by atoms with E-state index in [0.29, 0.717) is 18.1 Å². The first kappa shape index (κ1) is 24.0. The molecule has 0 amide bonds. The van der Waals surface area contributed by atoms with Gasteiger partial charge < -0.3 is 5.41 Å². The molecule has 0 bridgehead atoms. The van der Waals surface area contributed by atoms with Gasteiger partial charge in [0.1, 0.15) is 0 Å². The molecule has 0 heterocycles. The van der Waals surface area contributed by atoms with Gasteiger partial charge >= 0.3 is 0 Å². The van der Waals surface area contributed by atoms with Crippen molar-refractivity contribution in [2.45, 2.75) is 40.5 Å². The summed E-state index contributed by atoms with van der Waals surface area (Å²) in [5.74, 6) is 0.337. The largest absolute Gasteiger partial charge is 0.811 e. The Morgan fingerprint density at radius 2 is 1.68 bits per heavy atom. The van der Waals surface area contributed by atoms with Crippen LogP contribution in [0.2, 0.25) is 0 Å². The molecule has 4 heteroatoms. The smallest absolute Gasteiger partial charge is 0.0386 e. The van der Waals surface area contributed by atoms with E-state index in [2.05, 4.69) is 22.1 Å². The maximum absolute atomic E-state index is 9.14. The Kier molecular flexibility index (Phi) is 15.7. The zero-order valence-electron chi connectivity index (χ0n) is 14.5. The number of benzene rings is 1. The van der Waals surface area contributed by atoms with E-state index in [1.54, 1.807) is 7.05 Å². The van der Waals surface area contributed by atoms with E-state index < -0.39 is 0 Å². The van der Waals surface area contributed by atoms with Crippen molar-refractivity contribution in [3.05, 3.63) is 41.3 Å². The van der Waals surface area contributed by atoms with Crippen molar-refractivity contribution < 1.29 is 46.9 Å². The molecule has 0 N–H and O–H groups in total. The van der Waals surface area contributed by atoms with Crippen molar-refractivity contribution in [1.82, 2.24) is 0 Å². The van der Waals surface area contributed by atoms with Gasteiger partial charge in [0.2, 0.25) is 0 Å². The molecule has 2 rings (SSSR count). The normalized spacial score (nSPS) is 18.6. The first-order valence-electron chi connectivity index (χ1n) is 7.56. The van der Waals surface area contributed by atoms with Gasteiger partial charge in [-0.25, -0.2) is 0 Å². The average Bonchev–Trinajstić information content (AvgIpc) is 2.88. The molecule has 0 aliphatic heterocycles. The van der Waals surface area contributed by atoms with Gasteiger partial charge in [-0.2, -0.15) is 5.71 Å². The fourth-order valence-corrected chi connectivity index (χ4v) is 1.91. The summed E-state index contributed by atoms with van der Waals surface area (Å²) in [6, 6.07) is 10.2. The van der Waals surface area contributed by atoms with Crippen LogP contribution in [-0.2, 0) is 0 Å². The van der Waals surface area contributed by atoms with E-state index in [-0.39, 0.29) is 46.9 Å². The molecule has 1 saturated carbocycles. The van der Waals surface area contributed by atoms with Gasteiger partial charge in [0, 0.05) is 72.4 Å². The molecule has 0 spiro atoms. The van der Waals surface area contributed by atoms with E-state index in [9.17, 15) is 0 Å². The van der Waals surface area contributed by atoms with Crippen molar-refractivity contribution in [2.24, 2.45) is 15.9 Å². The first-order valence-corrected chi connectivity index (χ1v) is 7.56. The van der Waals surface area contributed by atoms with Gasteiger partial charge in [-0.05, 0) is 31.2 Å². The van der Waals surface area contributed by atoms with E-state index in [1.165, 1.54) is 5.56 Å². The molecule has 22 heavy (non-hydrogen) atoms. The van der Waals surface area contributed by atoms with Crippen molar-refractivity contribution in [3.63, 3.8) is 0 Å². The Hall–Kier alpha value is -0.251. The van der Waals surface area contributed by atoms with Gasteiger partial charge in [-0.1, -0.05) is 51.1 Å². The molecule has 0 radical (unpaired) electrons. The van der Waals surface area contributed by atoms with E-state index in [1.807, 2.05) is 52.9 Å². The molecule has 3 nitrogen and oxygen atoms in total. The SMILES string of the molecule is CC.CN=C(C)c1ccccc1.CN=C1CC(=[N-])C(C)C1.[Yb]. The van der Waals surface area contributed by atoms with Crippen LogP contribution >= 0.6 is 0 Å². The molecule has 1 atom stereocenters. The maximum Gasteiger partial charge on any atom is 0.0386 e. The fraction of sp³-hybridized carbons (Fsp3) is 0.500. The second-order valence-corrected chi connectivity index (χ2v) is 4.74. The summed E-state index contributed by atoms with van der Waals surface area (Å²) in [6.07, 6.45) is 1.65. The molecule has 130 valence electrons. The van der Waals surface area contributed by atoms with Crippen LogP contribution in [0.3, 0.4) is 0 Å². The van der Waals surface area contributed by atoms with Gasteiger partial charge in [-0.15, -0.1) is 0 Å². The zero-order valence-corrected chi connectivity index (χ0v) is 16.2. The quantitative estimate of drug-likeness (QED) is 0.549. The molecule has 1 aromatic rings. The minimum absolute atomic E-state index is 0. The minimum atomic E-state index is 0. The Morgan fingerprint density at radius 1 is 1.14 bits per heavy atom. The third-order valence-electron chi connectivity index (χ3n) is 3.34. The van der Waals surface area contributed by atoms with E-state index in [0.717, 1.165) is 17.8 Å². The van der Waals surface area contributed by atoms with Crippen LogP contribution in [0.4, 0.5) is 0 Å². The Labute approximate surface area is 174 Å². The van der Waals surface area contributed by atoms with Crippen LogP contribution in [0.1, 0.15) is 46.1 Å². The number of hydrogen-bond donors (Lipinski definition) is 0. The number of hydrogen-bond acceptors (Lipinski definition) is 2. The van der Waals surface area contributed by atoms with Crippen LogP contribution in [0.5, 0.6) is 0 Å². The number of nitrogens with zero attached hydrogens (tertiary/aromatic N) is 3. The zero-order chi connectivity index (χ0) is 16.3. The minimum Gasteiger partial charge on any atom is -0.811 e. The monoisotopic (exact) mass is 460 g/mol. The number of rotatable bonds is 1. The topological polar surface area (TPSA) is 47.0 Å². The molecule has 1 aromatic carbocycles. The summed E-state index contributed by atoms with van der Waals surface area (Å²) >= 11 is 0. The van der Waals surface area contributed by atoms with Crippen molar-refractivity contribution in [3.8, 4) is 0 Å². The van der Waals surface area contributed by atoms with Crippen LogP contribution in [0.15, 0.2) is 40.3 Å². The van der Waals surface area contributed by atoms with Gasteiger partial charge in [0.05, 0.1) is 0 Å². The predicted octanol–water partition coefficient (Wildman–Crippen LogP) is 4.65. The van der Waals surface area contributed by atoms with Crippen molar-refractivity contribution in [2.75, 3.05) is 14.1 Å². The van der Waals surface area contributed by atoms with Crippen LogP contribution in [0.25, 0.3) is 5.41 Å². The summed E-state index contributed by atoms with van der Waals surface area (Å²) < 4.78 is 0. The van der Waals surface area contributed by atoms with Gasteiger partial charge in [0.25, 0.3) is 0 Å². The molecule has 1 unspecified atom stereocenters. The second-order valence-electron chi connectivity index (χ2n) is 4.74. The molecular formula is C18H28N3Yb-. The maximum atomic E-state index is 9.14. The Morgan fingerprint density at radius 3 is 2.00 bits per heavy atom. The Balaban J connectivity index is 0. The standard InChI is InChI=1S/C9H11N.C7H11N2.C2H6.Yb/c1-8(10-2)9-6-4-3-5-7-9;1-5-3-6(9-2)4-7(5)8;1-2;/h3-7H,1-2H3;5H,3-4H2,1-2H3;1-2H3;/q;-1;;. The van der Waals surface area contributed by atoms with E-state index in [4.69, 9.17) is 5.41 Å². The van der Waals surface area contributed by atoms with Crippen molar-refractivity contribution >= 4 is 17.1 Å². The molecule has 0 saturated heterocycles. The van der Waals surface area contributed by atoms with Crippen LogP contribution < -0.4 is 0 Å². The van der Waals surface area contributed by atoms with Crippen LogP contribution in [0, 0.1) is 52.8 Å². The van der Waals surface area contributed by atoms with Gasteiger partial charge in [-0.3, -0.25) is 9.98 Å². The summed E-state index contributed by atoms with van der Waals surface area (Å²) in [7, 11) is 3.59. The van der Waals surface area contributed by atoms with Gasteiger partial charge in [0.15, 0.2) is 0 Å². The summed E-state index contributed by atoms with van der Waals surface area (Å²) in [4.78, 5) is 8.10.